The number of pyridine rings is 1. The van der Waals surface area contributed by atoms with E-state index in [1.165, 1.54) is 12.1 Å². The fraction of sp³-hybridized carbons (Fsp3) is 0.200. The molecule has 0 fully saturated rings. The predicted octanol–water partition coefficient (Wildman–Crippen LogP) is 4.30. The van der Waals surface area contributed by atoms with Crippen LogP contribution in [0.1, 0.15) is 11.5 Å². The van der Waals surface area contributed by atoms with Crippen molar-refractivity contribution in [3.05, 3.63) is 52.7 Å². The molecule has 0 aliphatic heterocycles. The van der Waals surface area contributed by atoms with Crippen LogP contribution in [0.4, 0.5) is 4.39 Å². The topological polar surface area (TPSA) is 30.7 Å². The molecule has 0 aliphatic carbocycles. The molecular formula is C15H12Cl2FN3. The maximum atomic E-state index is 14.2. The van der Waals surface area contributed by atoms with Crippen molar-refractivity contribution in [3.63, 3.8) is 0 Å². The Balaban J connectivity index is 2.35. The highest BCUT2D eigenvalue weighted by molar-refractivity contribution is 6.30. The first-order chi connectivity index (χ1) is 10.1. The Hall–Kier alpha value is -1.65. The summed E-state index contributed by atoms with van der Waals surface area (Å²) in [7, 11) is 0. The lowest BCUT2D eigenvalue weighted by Crippen LogP contribution is -2.05. The summed E-state index contributed by atoms with van der Waals surface area (Å²) in [5.41, 5.74) is 2.49. The molecule has 0 N–H and O–H groups in total. The van der Waals surface area contributed by atoms with Crippen LogP contribution < -0.4 is 0 Å². The van der Waals surface area contributed by atoms with Crippen molar-refractivity contribution in [1.82, 2.24) is 14.5 Å². The molecule has 108 valence electrons. The van der Waals surface area contributed by atoms with Crippen molar-refractivity contribution >= 4 is 34.4 Å². The molecule has 0 aliphatic rings. The highest BCUT2D eigenvalue weighted by atomic mass is 35.5. The van der Waals surface area contributed by atoms with Gasteiger partial charge in [0.1, 0.15) is 17.2 Å². The van der Waals surface area contributed by atoms with E-state index in [0.717, 1.165) is 5.69 Å². The van der Waals surface area contributed by atoms with Gasteiger partial charge in [-0.05, 0) is 37.3 Å². The molecule has 0 atom stereocenters. The third-order valence-electron chi connectivity index (χ3n) is 3.18. The number of hydrogen-bond acceptors (Lipinski definition) is 2. The lowest BCUT2D eigenvalue weighted by atomic mass is 10.3. The van der Waals surface area contributed by atoms with Crippen LogP contribution in [0.25, 0.3) is 16.9 Å². The number of hydrogen-bond donors (Lipinski definition) is 0. The molecule has 2 heterocycles. The molecule has 0 spiro atoms. The van der Waals surface area contributed by atoms with E-state index in [0.29, 0.717) is 40.0 Å². The molecule has 3 rings (SSSR count). The summed E-state index contributed by atoms with van der Waals surface area (Å²) in [5.74, 6) is 0.682. The second kappa shape index (κ2) is 5.62. The van der Waals surface area contributed by atoms with E-state index in [1.807, 2.05) is 19.1 Å². The summed E-state index contributed by atoms with van der Waals surface area (Å²) in [4.78, 5) is 8.97. The molecular weight excluding hydrogens is 312 g/mol. The zero-order chi connectivity index (χ0) is 15.0. The van der Waals surface area contributed by atoms with Gasteiger partial charge in [-0.3, -0.25) is 4.57 Å². The van der Waals surface area contributed by atoms with Crippen LogP contribution >= 0.6 is 23.2 Å². The Labute approximate surface area is 131 Å². The van der Waals surface area contributed by atoms with Crippen LogP contribution in [-0.4, -0.2) is 20.4 Å². The van der Waals surface area contributed by atoms with Gasteiger partial charge in [0.05, 0.1) is 5.69 Å². The van der Waals surface area contributed by atoms with E-state index in [1.54, 1.807) is 10.6 Å². The average Bonchev–Trinajstić information content (AvgIpc) is 2.79. The van der Waals surface area contributed by atoms with Gasteiger partial charge in [0.2, 0.25) is 0 Å². The smallest absolute Gasteiger partial charge is 0.165 e. The number of aromatic nitrogens is 3. The van der Waals surface area contributed by atoms with E-state index in [9.17, 15) is 4.39 Å². The fourth-order valence-electron chi connectivity index (χ4n) is 2.26. The highest BCUT2D eigenvalue weighted by Crippen LogP contribution is 2.25. The van der Waals surface area contributed by atoms with Crippen molar-refractivity contribution in [2.45, 2.75) is 13.3 Å². The van der Waals surface area contributed by atoms with Crippen LogP contribution in [0, 0.1) is 12.7 Å². The van der Waals surface area contributed by atoms with Gasteiger partial charge in [-0.2, -0.15) is 0 Å². The lowest BCUT2D eigenvalue weighted by Gasteiger charge is -2.09. The lowest BCUT2D eigenvalue weighted by molar-refractivity contribution is 0.616. The van der Waals surface area contributed by atoms with E-state index >= 15 is 0 Å². The molecule has 0 saturated heterocycles. The van der Waals surface area contributed by atoms with Crippen molar-refractivity contribution in [3.8, 4) is 5.69 Å². The molecule has 1 aromatic carbocycles. The average molecular weight is 324 g/mol. The number of alkyl halides is 1. The van der Waals surface area contributed by atoms with Gasteiger partial charge in [-0.25, -0.2) is 14.4 Å². The summed E-state index contributed by atoms with van der Waals surface area (Å²) >= 11 is 11.8. The monoisotopic (exact) mass is 323 g/mol. The van der Waals surface area contributed by atoms with Crippen LogP contribution in [-0.2, 0) is 6.42 Å². The molecule has 0 unspecified atom stereocenters. The number of rotatable bonds is 3. The molecule has 0 amide bonds. The number of halogens is 3. The molecule has 21 heavy (non-hydrogen) atoms. The minimum Gasteiger partial charge on any atom is -0.278 e. The number of nitrogens with zero attached hydrogens (tertiary/aromatic N) is 3. The van der Waals surface area contributed by atoms with Gasteiger partial charge in [-0.1, -0.05) is 11.6 Å². The first kappa shape index (κ1) is 14.3. The van der Waals surface area contributed by atoms with Gasteiger partial charge >= 0.3 is 0 Å². The molecule has 3 aromatic rings. The minimum absolute atomic E-state index is 0.336. The number of fused-ring (bicyclic) bond motifs is 1. The van der Waals surface area contributed by atoms with E-state index in [-0.39, 0.29) is 5.82 Å². The van der Waals surface area contributed by atoms with E-state index in [4.69, 9.17) is 23.2 Å². The zero-order valence-electron chi connectivity index (χ0n) is 11.3. The predicted molar refractivity (Wildman–Crippen MR) is 83.0 cm³/mol. The second-order valence-electron chi connectivity index (χ2n) is 4.69. The van der Waals surface area contributed by atoms with Crippen molar-refractivity contribution in [2.75, 3.05) is 5.88 Å². The molecule has 0 radical (unpaired) electrons. The standard InChI is InChI=1S/C15H12Cl2FN3/c1-9-2-5-12-15(19-9)21(14(20-12)6-7-16)13-8-10(17)3-4-11(13)18/h2-5,8H,6-7H2,1H3. The summed E-state index contributed by atoms with van der Waals surface area (Å²) in [6.07, 6.45) is 0.517. The van der Waals surface area contributed by atoms with E-state index in [2.05, 4.69) is 9.97 Å². The number of aryl methyl sites for hydroxylation is 2. The summed E-state index contributed by atoms with van der Waals surface area (Å²) in [6.45, 7) is 1.88. The Morgan fingerprint density at radius 2 is 2.00 bits per heavy atom. The summed E-state index contributed by atoms with van der Waals surface area (Å²) in [6, 6.07) is 8.16. The van der Waals surface area contributed by atoms with Crippen molar-refractivity contribution in [2.24, 2.45) is 0 Å². The molecule has 2 aromatic heterocycles. The summed E-state index contributed by atoms with van der Waals surface area (Å²) < 4.78 is 15.9. The number of imidazole rings is 1. The fourth-order valence-corrected chi connectivity index (χ4v) is 2.60. The molecule has 6 heteroatoms. The van der Waals surface area contributed by atoms with Crippen LogP contribution in [0.3, 0.4) is 0 Å². The molecule has 3 nitrogen and oxygen atoms in total. The van der Waals surface area contributed by atoms with E-state index < -0.39 is 0 Å². The Kier molecular flexibility index (Phi) is 3.83. The second-order valence-corrected chi connectivity index (χ2v) is 5.51. The maximum Gasteiger partial charge on any atom is 0.165 e. The SMILES string of the molecule is Cc1ccc2nc(CCCl)n(-c3cc(Cl)ccc3F)c2n1. The summed E-state index contributed by atoms with van der Waals surface area (Å²) in [5, 5.41) is 0.456. The van der Waals surface area contributed by atoms with Gasteiger partial charge in [0.15, 0.2) is 5.65 Å². The Bertz CT molecular complexity index is 814. The van der Waals surface area contributed by atoms with Crippen molar-refractivity contribution in [1.29, 1.82) is 0 Å². The zero-order valence-corrected chi connectivity index (χ0v) is 12.8. The number of benzene rings is 1. The van der Waals surface area contributed by atoms with Crippen molar-refractivity contribution < 1.29 is 4.39 Å². The largest absolute Gasteiger partial charge is 0.278 e. The Morgan fingerprint density at radius 3 is 2.76 bits per heavy atom. The first-order valence-electron chi connectivity index (χ1n) is 6.46. The quantitative estimate of drug-likeness (QED) is 0.673. The molecule has 0 saturated carbocycles. The molecule has 0 bridgehead atoms. The van der Waals surface area contributed by atoms with Gasteiger partial charge in [0.25, 0.3) is 0 Å². The third kappa shape index (κ3) is 2.61. The van der Waals surface area contributed by atoms with Crippen LogP contribution in [0.15, 0.2) is 30.3 Å². The Morgan fingerprint density at radius 1 is 1.19 bits per heavy atom. The first-order valence-corrected chi connectivity index (χ1v) is 7.38. The highest BCUT2D eigenvalue weighted by Gasteiger charge is 2.16. The van der Waals surface area contributed by atoms with Gasteiger partial charge < -0.3 is 0 Å². The maximum absolute atomic E-state index is 14.2. The third-order valence-corrected chi connectivity index (χ3v) is 3.60. The van der Waals surface area contributed by atoms with Crippen LogP contribution in [0.2, 0.25) is 5.02 Å². The van der Waals surface area contributed by atoms with Crippen LogP contribution in [0.5, 0.6) is 0 Å². The van der Waals surface area contributed by atoms with Gasteiger partial charge in [-0.15, -0.1) is 11.6 Å². The minimum atomic E-state index is -0.377. The van der Waals surface area contributed by atoms with Gasteiger partial charge in [0, 0.05) is 23.0 Å². The normalized spacial score (nSPS) is 11.2.